The Balaban J connectivity index is 0.00000106. The van der Waals surface area contributed by atoms with Crippen LogP contribution in [0.25, 0.3) is 0 Å². The summed E-state index contributed by atoms with van der Waals surface area (Å²) < 4.78 is 33.1. The summed E-state index contributed by atoms with van der Waals surface area (Å²) in [7, 11) is 0. The number of hydrogen-bond donors (Lipinski definition) is 0. The Morgan fingerprint density at radius 1 is 1.14 bits per heavy atom. The molecule has 21 heavy (non-hydrogen) atoms. The molecule has 116 valence electrons. The van der Waals surface area contributed by atoms with Crippen LogP contribution in [0.3, 0.4) is 0 Å². The molecule has 1 saturated carbocycles. The van der Waals surface area contributed by atoms with Gasteiger partial charge in [0.25, 0.3) is 0 Å². The third kappa shape index (κ3) is 4.42. The monoisotopic (exact) mass is 294 g/mol. The minimum atomic E-state index is -0.877. The van der Waals surface area contributed by atoms with Gasteiger partial charge in [-0.25, -0.2) is 4.39 Å². The molecule has 1 aliphatic carbocycles. The first-order valence-electron chi connectivity index (χ1n) is 7.35. The van der Waals surface area contributed by atoms with Gasteiger partial charge in [-0.2, -0.15) is 4.39 Å². The van der Waals surface area contributed by atoms with Crippen LogP contribution >= 0.6 is 0 Å². The van der Waals surface area contributed by atoms with E-state index < -0.39 is 11.6 Å². The maximum absolute atomic E-state index is 14.1. The zero-order chi connectivity index (χ0) is 15.8. The van der Waals surface area contributed by atoms with E-state index in [4.69, 9.17) is 4.74 Å². The van der Waals surface area contributed by atoms with Crippen molar-refractivity contribution >= 4 is 0 Å². The molecule has 0 heterocycles. The Bertz CT molecular complexity index is 463. The molecular weight excluding hydrogens is 270 g/mol. The quantitative estimate of drug-likeness (QED) is 0.654. The van der Waals surface area contributed by atoms with Crippen molar-refractivity contribution in [3.8, 4) is 5.75 Å². The third-order valence-electron chi connectivity index (χ3n) is 3.89. The van der Waals surface area contributed by atoms with Crippen LogP contribution in [0.15, 0.2) is 37.9 Å². The molecule has 0 saturated heterocycles. The molecule has 0 N–H and O–H groups in total. The number of hydrogen-bond acceptors (Lipinski definition) is 1. The zero-order valence-corrected chi connectivity index (χ0v) is 12.7. The Labute approximate surface area is 126 Å². The highest BCUT2D eigenvalue weighted by atomic mass is 19.2. The van der Waals surface area contributed by atoms with Crippen molar-refractivity contribution in [1.29, 1.82) is 0 Å². The zero-order valence-electron chi connectivity index (χ0n) is 12.7. The normalized spacial score (nSPS) is 21.1. The summed E-state index contributed by atoms with van der Waals surface area (Å²) in [6.45, 7) is 11.9. The summed E-state index contributed by atoms with van der Waals surface area (Å²) in [5.74, 6) is -0.831. The number of halogens is 2. The molecule has 1 aromatic rings. The maximum Gasteiger partial charge on any atom is 0.200 e. The van der Waals surface area contributed by atoms with Gasteiger partial charge in [0.15, 0.2) is 11.6 Å². The van der Waals surface area contributed by atoms with Crippen molar-refractivity contribution < 1.29 is 13.5 Å². The van der Waals surface area contributed by atoms with Crippen molar-refractivity contribution in [3.63, 3.8) is 0 Å². The maximum atomic E-state index is 14.1. The predicted octanol–water partition coefficient (Wildman–Crippen LogP) is 5.63. The third-order valence-corrected chi connectivity index (χ3v) is 3.89. The van der Waals surface area contributed by atoms with Gasteiger partial charge in [0, 0.05) is 0 Å². The summed E-state index contributed by atoms with van der Waals surface area (Å²) in [6.07, 6.45) is 5.55. The van der Waals surface area contributed by atoms with E-state index in [1.165, 1.54) is 12.1 Å². The van der Waals surface area contributed by atoms with Crippen LogP contribution in [0.4, 0.5) is 8.78 Å². The van der Waals surface area contributed by atoms with Crippen LogP contribution in [-0.4, -0.2) is 6.61 Å². The lowest BCUT2D eigenvalue weighted by molar-refractivity contribution is 0.321. The van der Waals surface area contributed by atoms with Gasteiger partial charge in [0.05, 0.1) is 0 Å². The fraction of sp³-hybridized carbons (Fsp3) is 0.444. The van der Waals surface area contributed by atoms with Crippen LogP contribution in [0.1, 0.15) is 44.1 Å². The molecule has 0 unspecified atom stereocenters. The van der Waals surface area contributed by atoms with Crippen molar-refractivity contribution in [1.82, 2.24) is 0 Å². The number of ether oxygens (including phenoxy) is 1. The Kier molecular flexibility index (Phi) is 7.13. The average molecular weight is 294 g/mol. The molecule has 0 aliphatic heterocycles. The Morgan fingerprint density at radius 3 is 2.33 bits per heavy atom. The summed E-state index contributed by atoms with van der Waals surface area (Å²) >= 11 is 0. The van der Waals surface area contributed by atoms with E-state index >= 15 is 0 Å². The van der Waals surface area contributed by atoms with Crippen LogP contribution in [0.5, 0.6) is 5.75 Å². The van der Waals surface area contributed by atoms with E-state index in [1.807, 2.05) is 0 Å². The minimum absolute atomic E-state index is 0.0367. The van der Waals surface area contributed by atoms with Crippen LogP contribution in [-0.2, 0) is 0 Å². The molecule has 0 radical (unpaired) electrons. The SMILES string of the molecule is C=C.C=CCOc1ccc(C2CCC(C)CC2)c(F)c1F. The van der Waals surface area contributed by atoms with E-state index in [-0.39, 0.29) is 18.3 Å². The number of benzene rings is 1. The van der Waals surface area contributed by atoms with Gasteiger partial charge in [-0.3, -0.25) is 0 Å². The number of rotatable bonds is 4. The topological polar surface area (TPSA) is 9.23 Å². The van der Waals surface area contributed by atoms with E-state index in [1.54, 1.807) is 6.07 Å². The molecule has 1 aliphatic rings. The van der Waals surface area contributed by atoms with Gasteiger partial charge < -0.3 is 4.74 Å². The highest BCUT2D eigenvalue weighted by Crippen LogP contribution is 2.38. The van der Waals surface area contributed by atoms with Gasteiger partial charge in [-0.15, -0.1) is 13.2 Å². The van der Waals surface area contributed by atoms with Crippen molar-refractivity contribution in [2.24, 2.45) is 5.92 Å². The van der Waals surface area contributed by atoms with Gasteiger partial charge in [-0.1, -0.05) is 38.5 Å². The lowest BCUT2D eigenvalue weighted by Crippen LogP contribution is -2.13. The first-order valence-corrected chi connectivity index (χ1v) is 7.35. The lowest BCUT2D eigenvalue weighted by atomic mass is 9.79. The van der Waals surface area contributed by atoms with E-state index in [2.05, 4.69) is 26.7 Å². The molecule has 0 spiro atoms. The Morgan fingerprint density at radius 2 is 1.76 bits per heavy atom. The smallest absolute Gasteiger partial charge is 0.200 e. The van der Waals surface area contributed by atoms with Crippen molar-refractivity contribution in [2.45, 2.75) is 38.5 Å². The lowest BCUT2D eigenvalue weighted by Gasteiger charge is -2.27. The van der Waals surface area contributed by atoms with Crippen LogP contribution < -0.4 is 4.74 Å². The molecule has 3 heteroatoms. The predicted molar refractivity (Wildman–Crippen MR) is 83.7 cm³/mol. The summed E-state index contributed by atoms with van der Waals surface area (Å²) in [5, 5.41) is 0. The van der Waals surface area contributed by atoms with E-state index in [9.17, 15) is 8.78 Å². The molecule has 0 amide bonds. The fourth-order valence-electron chi connectivity index (χ4n) is 2.69. The van der Waals surface area contributed by atoms with Crippen LogP contribution in [0, 0.1) is 17.6 Å². The van der Waals surface area contributed by atoms with Gasteiger partial charge in [0.2, 0.25) is 5.82 Å². The standard InChI is InChI=1S/C16H20F2O.C2H4/c1-3-10-19-14-9-8-13(15(17)16(14)18)12-6-4-11(2)5-7-12;1-2/h3,8-9,11-12H,1,4-7,10H2,2H3;1-2H2. The average Bonchev–Trinajstić information content (AvgIpc) is 2.52. The minimum Gasteiger partial charge on any atom is -0.486 e. The van der Waals surface area contributed by atoms with Crippen molar-refractivity contribution in [3.05, 3.63) is 55.1 Å². The van der Waals surface area contributed by atoms with Gasteiger partial charge in [-0.05, 0) is 36.3 Å². The molecule has 0 atom stereocenters. The molecular formula is C18H24F2O. The summed E-state index contributed by atoms with van der Waals surface area (Å²) in [5.41, 5.74) is 0.496. The second kappa shape index (κ2) is 8.60. The highest BCUT2D eigenvalue weighted by molar-refractivity contribution is 5.33. The molecule has 1 aromatic carbocycles. The first kappa shape index (κ1) is 17.4. The second-order valence-electron chi connectivity index (χ2n) is 5.34. The Hall–Kier alpha value is -1.64. The van der Waals surface area contributed by atoms with E-state index in [0.29, 0.717) is 11.5 Å². The largest absolute Gasteiger partial charge is 0.486 e. The second-order valence-corrected chi connectivity index (χ2v) is 5.34. The molecule has 1 fully saturated rings. The van der Waals surface area contributed by atoms with E-state index in [0.717, 1.165) is 25.7 Å². The van der Waals surface area contributed by atoms with Gasteiger partial charge >= 0.3 is 0 Å². The van der Waals surface area contributed by atoms with Gasteiger partial charge in [0.1, 0.15) is 6.61 Å². The summed E-state index contributed by atoms with van der Waals surface area (Å²) in [4.78, 5) is 0. The summed E-state index contributed by atoms with van der Waals surface area (Å²) in [6, 6.07) is 3.19. The molecule has 0 bridgehead atoms. The molecule has 0 aromatic heterocycles. The molecule has 1 nitrogen and oxygen atoms in total. The first-order chi connectivity index (χ1) is 10.1. The highest BCUT2D eigenvalue weighted by Gasteiger charge is 2.25. The fourth-order valence-corrected chi connectivity index (χ4v) is 2.69. The van der Waals surface area contributed by atoms with Crippen molar-refractivity contribution in [2.75, 3.05) is 6.61 Å². The van der Waals surface area contributed by atoms with Crippen LogP contribution in [0.2, 0.25) is 0 Å². The molecule has 2 rings (SSSR count).